The molecule has 0 radical (unpaired) electrons. The van der Waals surface area contributed by atoms with Crippen LogP contribution in [0.3, 0.4) is 0 Å². The second kappa shape index (κ2) is 13.6. The Kier molecular flexibility index (Phi) is 11.8. The average molecular weight is 928 g/mol. The number of benzene rings is 2. The fraction of sp³-hybridized carbons (Fsp3) is 0.444. The summed E-state index contributed by atoms with van der Waals surface area (Å²) in [5, 5.41) is 1.41. The first-order valence-corrected chi connectivity index (χ1v) is 34.0. The van der Waals surface area contributed by atoms with E-state index < -0.39 is 0 Å². The number of rotatable bonds is 10. The predicted octanol–water partition coefficient (Wildman–Crippen LogP) is -0.298. The molecule has 1 aromatic heterocycles. The molecule has 2 nitrogen and oxygen atoms in total. The van der Waals surface area contributed by atoms with Gasteiger partial charge in [0.1, 0.15) is 0 Å². The third kappa shape index (κ3) is 6.67. The van der Waals surface area contributed by atoms with Gasteiger partial charge in [-0.25, -0.2) is 0 Å². The maximum atomic E-state index is 2.68. The molecule has 7 heteroatoms. The Labute approximate surface area is 242 Å². The van der Waals surface area contributed by atoms with E-state index in [9.17, 15) is 0 Å². The van der Waals surface area contributed by atoms with Crippen molar-refractivity contribution in [2.24, 2.45) is 0 Å². The van der Waals surface area contributed by atoms with E-state index in [2.05, 4.69) is 141 Å². The van der Waals surface area contributed by atoms with Crippen LogP contribution in [0.1, 0.15) is 101 Å². The Balaban J connectivity index is 2.36. The van der Waals surface area contributed by atoms with Gasteiger partial charge in [-0.2, -0.15) is 0 Å². The summed E-state index contributed by atoms with van der Waals surface area (Å²) in [5.74, 6) is 1.94. The molecule has 1 heterocycles. The summed E-state index contributed by atoms with van der Waals surface area (Å²) in [5.41, 5.74) is 8.62. The average Bonchev–Trinajstić information content (AvgIpc) is 3.21. The number of halogens is 4. The quantitative estimate of drug-likeness (QED) is 0.155. The van der Waals surface area contributed by atoms with Crippen LogP contribution in [-0.4, -0.2) is 4.57 Å². The molecule has 0 amide bonds. The number of nitrogens with zero attached hydrogens (tertiary/aromatic N) is 2. The molecule has 188 valence electrons. The van der Waals surface area contributed by atoms with E-state index in [4.69, 9.17) is 0 Å². The summed E-state index contributed by atoms with van der Waals surface area (Å²) in [4.78, 5) is 0. The number of aromatic nitrogens is 2. The minimum atomic E-state index is 0.178. The summed E-state index contributed by atoms with van der Waals surface area (Å²) >= 11 is 3.69. The zero-order chi connectivity index (χ0) is 25.0. The number of imidazole rings is 1. The molecule has 0 saturated carbocycles. The van der Waals surface area contributed by atoms with Crippen LogP contribution < -0.4 is 46.9 Å². The SMILES string of the molecule is CC(C)c1cccc(C(C)C)c1-n1cc[n+](-c2c(C(C)C)cccc2C(C)C)c1S[I-][I+][I-]I. The van der Waals surface area contributed by atoms with Crippen molar-refractivity contribution >= 4 is 27.5 Å². The monoisotopic (exact) mass is 928 g/mol. The van der Waals surface area contributed by atoms with Gasteiger partial charge in [0.15, 0.2) is 0 Å². The van der Waals surface area contributed by atoms with Crippen LogP contribution in [0.5, 0.6) is 0 Å². The summed E-state index contributed by atoms with van der Waals surface area (Å²) in [6.07, 6.45) is 4.69. The van der Waals surface area contributed by atoms with Crippen molar-refractivity contribution in [2.45, 2.75) is 84.2 Å². The van der Waals surface area contributed by atoms with E-state index >= 15 is 0 Å². The first kappa shape index (κ1) is 29.5. The molecule has 0 spiro atoms. The van der Waals surface area contributed by atoms with Gasteiger partial charge in [-0.05, 0) is 0 Å². The van der Waals surface area contributed by atoms with Crippen LogP contribution >= 0.6 is 27.5 Å². The van der Waals surface area contributed by atoms with Crippen molar-refractivity contribution in [2.75, 3.05) is 0 Å². The van der Waals surface area contributed by atoms with Gasteiger partial charge in [0.05, 0.1) is 0 Å². The fourth-order valence-electron chi connectivity index (χ4n) is 4.42. The van der Waals surface area contributed by atoms with Crippen molar-refractivity contribution in [3.63, 3.8) is 0 Å². The number of hydrogen-bond donors (Lipinski definition) is 0. The van der Waals surface area contributed by atoms with Gasteiger partial charge >= 0.3 is 246 Å². The molecule has 0 aliphatic heterocycles. The normalized spacial score (nSPS) is 12.3. The van der Waals surface area contributed by atoms with Crippen LogP contribution in [-0.2, 0) is 0 Å². The topological polar surface area (TPSA) is 8.81 Å². The van der Waals surface area contributed by atoms with Gasteiger partial charge in [-0.3, -0.25) is 0 Å². The Morgan fingerprint density at radius 3 is 1.71 bits per heavy atom. The summed E-state index contributed by atoms with van der Waals surface area (Å²) in [6.45, 7) is 18.6. The van der Waals surface area contributed by atoms with Crippen LogP contribution in [0.2, 0.25) is 0 Å². The van der Waals surface area contributed by atoms with Crippen molar-refractivity contribution in [1.29, 1.82) is 0 Å². The maximum absolute atomic E-state index is 2.68. The van der Waals surface area contributed by atoms with Gasteiger partial charge in [-0.1, -0.05) is 0 Å². The van der Waals surface area contributed by atoms with Crippen molar-refractivity contribution in [3.05, 3.63) is 71.0 Å². The van der Waals surface area contributed by atoms with Crippen LogP contribution in [0, 0.1) is 0 Å². The van der Waals surface area contributed by atoms with E-state index in [1.165, 1.54) is 38.8 Å². The summed E-state index contributed by atoms with van der Waals surface area (Å²) in [6, 6.07) is 13.9. The molecule has 0 saturated heterocycles. The Bertz CT molecular complexity index is 973. The van der Waals surface area contributed by atoms with Crippen LogP contribution in [0.4, 0.5) is 0 Å². The molecule has 3 aromatic rings. The molecule has 0 atom stereocenters. The fourth-order valence-corrected chi connectivity index (χ4v) is 70.2. The summed E-state index contributed by atoms with van der Waals surface area (Å²) in [7, 11) is 2.18. The molecule has 0 unspecified atom stereocenters. The molecule has 0 bridgehead atoms. The van der Waals surface area contributed by atoms with E-state index in [0.717, 1.165) is 0 Å². The summed E-state index contributed by atoms with van der Waals surface area (Å²) < 4.78 is 5.09. The molecule has 0 aliphatic carbocycles. The van der Waals surface area contributed by atoms with Gasteiger partial charge in [0.2, 0.25) is 0 Å². The predicted molar refractivity (Wildman–Crippen MR) is 144 cm³/mol. The van der Waals surface area contributed by atoms with Crippen molar-refractivity contribution in [3.8, 4) is 11.4 Å². The second-order valence-corrected chi connectivity index (χ2v) is 51.9. The van der Waals surface area contributed by atoms with Gasteiger partial charge in [-0.15, -0.1) is 0 Å². The molecular formula is C27H36I4N2S. The first-order chi connectivity index (χ1) is 16.2. The molecule has 0 N–H and O–H groups in total. The van der Waals surface area contributed by atoms with E-state index in [1.54, 1.807) is 0 Å². The third-order valence-electron chi connectivity index (χ3n) is 6.08. The molecule has 3 rings (SSSR count). The Morgan fingerprint density at radius 1 is 0.794 bits per heavy atom. The van der Waals surface area contributed by atoms with Gasteiger partial charge < -0.3 is 0 Å². The zero-order valence-corrected chi connectivity index (χ0v) is 30.7. The second-order valence-electron chi connectivity index (χ2n) is 9.75. The Morgan fingerprint density at radius 2 is 1.26 bits per heavy atom. The van der Waals surface area contributed by atoms with E-state index in [1.807, 2.05) is 0 Å². The Hall–Kier alpha value is 0.920. The van der Waals surface area contributed by atoms with E-state index in [0.29, 0.717) is 50.2 Å². The molecule has 0 aliphatic rings. The van der Waals surface area contributed by atoms with Crippen molar-refractivity contribution in [1.82, 2.24) is 4.57 Å². The molecule has 0 fully saturated rings. The standard InChI is InChI=1S/C27H36I4N2S/c1-17(2)21-11-9-12-22(18(3)4)25(21)32-15-16-33(27(32)34-31-30-29-28)26-23(19(5)6)13-10-14-24(26)20(7)8/h9-20H,1-8H3. The van der Waals surface area contributed by atoms with Gasteiger partial charge in [0, 0.05) is 0 Å². The number of para-hydroxylation sites is 2. The first-order valence-electron chi connectivity index (χ1n) is 11.8. The zero-order valence-electron chi connectivity index (χ0n) is 21.2. The van der Waals surface area contributed by atoms with Crippen LogP contribution in [0.15, 0.2) is 53.9 Å². The van der Waals surface area contributed by atoms with E-state index in [-0.39, 0.29) is 15.8 Å². The van der Waals surface area contributed by atoms with Gasteiger partial charge in [0.25, 0.3) is 0 Å². The minimum absolute atomic E-state index is 0.178. The molecular weight excluding hydrogens is 892 g/mol. The van der Waals surface area contributed by atoms with Crippen LogP contribution in [0.25, 0.3) is 11.4 Å². The van der Waals surface area contributed by atoms with Crippen molar-refractivity contribution < 1.29 is 46.9 Å². The molecule has 34 heavy (non-hydrogen) atoms. The number of hydrogen-bond acceptors (Lipinski definition) is 1. The third-order valence-corrected chi connectivity index (χ3v) is 73.0. The molecule has 2 aromatic carbocycles.